The Labute approximate surface area is 141 Å². The summed E-state index contributed by atoms with van der Waals surface area (Å²) >= 11 is 0. The number of methoxy groups -OCH3 is 1. The van der Waals surface area contributed by atoms with Crippen LogP contribution in [0, 0.1) is 0 Å². The summed E-state index contributed by atoms with van der Waals surface area (Å²) in [5.74, 6) is -0.367. The number of rotatable bonds is 3. The number of ether oxygens (including phenoxy) is 2. The van der Waals surface area contributed by atoms with E-state index in [1.165, 1.54) is 7.11 Å². The highest BCUT2D eigenvalue weighted by atomic mass is 16.6. The largest absolute Gasteiger partial charge is 0.465 e. The van der Waals surface area contributed by atoms with Gasteiger partial charge >= 0.3 is 12.1 Å². The first-order valence-electron chi connectivity index (χ1n) is 8.15. The summed E-state index contributed by atoms with van der Waals surface area (Å²) in [5, 5.41) is 0. The summed E-state index contributed by atoms with van der Waals surface area (Å²) in [6, 6.07) is 5.50. The van der Waals surface area contributed by atoms with Gasteiger partial charge in [0.2, 0.25) is 0 Å². The second kappa shape index (κ2) is 7.34. The molecule has 0 N–H and O–H groups in total. The number of fused-ring (bicyclic) bond motifs is 1. The van der Waals surface area contributed by atoms with E-state index in [1.807, 2.05) is 12.1 Å². The first kappa shape index (κ1) is 16.3. The van der Waals surface area contributed by atoms with Gasteiger partial charge in [-0.05, 0) is 48.1 Å². The van der Waals surface area contributed by atoms with Gasteiger partial charge in [-0.15, -0.1) is 0 Å². The highest BCUT2D eigenvalue weighted by Gasteiger charge is 2.23. The second-order valence-corrected chi connectivity index (χ2v) is 5.96. The Morgan fingerprint density at radius 2 is 2.08 bits per heavy atom. The van der Waals surface area contributed by atoms with Crippen LogP contribution in [0.5, 0.6) is 0 Å². The minimum Gasteiger partial charge on any atom is -0.465 e. The number of hydrogen-bond donors (Lipinski definition) is 0. The highest BCUT2D eigenvalue weighted by Crippen LogP contribution is 2.22. The molecule has 1 aliphatic heterocycles. The highest BCUT2D eigenvalue weighted by molar-refractivity contribution is 5.89. The van der Waals surface area contributed by atoms with E-state index in [1.54, 1.807) is 17.0 Å². The molecule has 1 aromatic rings. The van der Waals surface area contributed by atoms with E-state index < -0.39 is 0 Å². The lowest BCUT2D eigenvalue weighted by molar-refractivity contribution is 0.0600. The molecule has 2 aliphatic rings. The Balaban J connectivity index is 1.63. The maximum atomic E-state index is 12.3. The zero-order chi connectivity index (χ0) is 16.9. The predicted molar refractivity (Wildman–Crippen MR) is 89.7 cm³/mol. The van der Waals surface area contributed by atoms with Crippen molar-refractivity contribution in [2.24, 2.45) is 0 Å². The third-order valence-corrected chi connectivity index (χ3v) is 4.33. The third kappa shape index (κ3) is 3.67. The van der Waals surface area contributed by atoms with Gasteiger partial charge in [0.1, 0.15) is 6.61 Å². The van der Waals surface area contributed by atoms with Crippen molar-refractivity contribution in [3.8, 4) is 0 Å². The van der Waals surface area contributed by atoms with Crippen molar-refractivity contribution in [2.75, 3.05) is 20.3 Å². The number of benzene rings is 1. The Morgan fingerprint density at radius 1 is 1.21 bits per heavy atom. The van der Waals surface area contributed by atoms with Crippen molar-refractivity contribution in [3.63, 3.8) is 0 Å². The zero-order valence-electron chi connectivity index (χ0n) is 13.8. The van der Waals surface area contributed by atoms with E-state index in [0.717, 1.165) is 36.0 Å². The van der Waals surface area contributed by atoms with Crippen molar-refractivity contribution in [3.05, 3.63) is 58.7 Å². The van der Waals surface area contributed by atoms with E-state index in [-0.39, 0.29) is 12.1 Å². The third-order valence-electron chi connectivity index (χ3n) is 4.33. The number of carbonyl (C=O) groups is 2. The second-order valence-electron chi connectivity index (χ2n) is 5.96. The lowest BCUT2D eigenvalue weighted by Gasteiger charge is -2.28. The maximum absolute atomic E-state index is 12.3. The molecule has 0 fully saturated rings. The minimum absolute atomic E-state index is 0.306. The van der Waals surface area contributed by atoms with Crippen LogP contribution in [0.15, 0.2) is 42.0 Å². The van der Waals surface area contributed by atoms with Gasteiger partial charge in [-0.3, -0.25) is 0 Å². The van der Waals surface area contributed by atoms with Crippen molar-refractivity contribution in [1.29, 1.82) is 0 Å². The average molecular weight is 327 g/mol. The Morgan fingerprint density at radius 3 is 2.83 bits per heavy atom. The lowest BCUT2D eigenvalue weighted by Crippen LogP contribution is -2.36. The quantitative estimate of drug-likeness (QED) is 0.800. The van der Waals surface area contributed by atoms with Crippen LogP contribution >= 0.6 is 0 Å². The molecule has 5 heteroatoms. The number of esters is 1. The molecule has 24 heavy (non-hydrogen) atoms. The molecular weight excluding hydrogens is 306 g/mol. The summed E-state index contributed by atoms with van der Waals surface area (Å²) in [5.41, 5.74) is 3.67. The van der Waals surface area contributed by atoms with Gasteiger partial charge in [0, 0.05) is 13.1 Å². The molecule has 0 radical (unpaired) electrons. The maximum Gasteiger partial charge on any atom is 0.410 e. The summed E-state index contributed by atoms with van der Waals surface area (Å²) < 4.78 is 10.2. The molecule has 5 nitrogen and oxygen atoms in total. The number of amides is 1. The Hall–Kier alpha value is -2.56. The van der Waals surface area contributed by atoms with Crippen molar-refractivity contribution < 1.29 is 19.1 Å². The monoisotopic (exact) mass is 327 g/mol. The van der Waals surface area contributed by atoms with Crippen LogP contribution in [0.2, 0.25) is 0 Å². The molecule has 0 spiro atoms. The topological polar surface area (TPSA) is 55.8 Å². The van der Waals surface area contributed by atoms with E-state index in [0.29, 0.717) is 25.3 Å². The fraction of sp³-hybridized carbons (Fsp3) is 0.368. The number of nitrogens with zero attached hydrogens (tertiary/aromatic N) is 1. The van der Waals surface area contributed by atoms with Crippen LogP contribution in [0.1, 0.15) is 34.3 Å². The first-order chi connectivity index (χ1) is 11.7. The predicted octanol–water partition coefficient (Wildman–Crippen LogP) is 3.24. The average Bonchev–Trinajstić information content (AvgIpc) is 2.65. The van der Waals surface area contributed by atoms with Gasteiger partial charge in [-0.2, -0.15) is 0 Å². The standard InChI is InChI=1S/C19H21NO4/c1-23-18(21)16-8-7-15-9-10-20(12-17(15)11-16)19(22)24-13-14-5-3-2-4-6-14/h3,5-8,11H,2,4,9-10,12-13H2,1H3. The van der Waals surface area contributed by atoms with E-state index in [4.69, 9.17) is 9.47 Å². The summed E-state index contributed by atoms with van der Waals surface area (Å²) in [6.07, 6.45) is 8.68. The van der Waals surface area contributed by atoms with E-state index in [9.17, 15) is 9.59 Å². The number of hydrogen-bond acceptors (Lipinski definition) is 4. The van der Waals surface area contributed by atoms with Gasteiger partial charge in [0.05, 0.1) is 12.7 Å². The first-order valence-corrected chi connectivity index (χ1v) is 8.15. The van der Waals surface area contributed by atoms with Gasteiger partial charge in [0.25, 0.3) is 0 Å². The van der Waals surface area contributed by atoms with Crippen LogP contribution in [0.3, 0.4) is 0 Å². The smallest absolute Gasteiger partial charge is 0.410 e. The molecule has 0 bridgehead atoms. The minimum atomic E-state index is -0.367. The van der Waals surface area contributed by atoms with Gasteiger partial charge in [-0.1, -0.05) is 24.3 Å². The fourth-order valence-corrected chi connectivity index (χ4v) is 2.97. The SMILES string of the molecule is COC(=O)c1ccc2c(c1)CN(C(=O)OCC1=CCCC=C1)CC2. The zero-order valence-corrected chi connectivity index (χ0v) is 13.8. The summed E-state index contributed by atoms with van der Waals surface area (Å²) in [6.45, 7) is 1.38. The molecule has 0 unspecified atom stereocenters. The van der Waals surface area contributed by atoms with Gasteiger partial charge in [-0.25, -0.2) is 9.59 Å². The van der Waals surface area contributed by atoms with Crippen LogP contribution in [-0.4, -0.2) is 37.2 Å². The molecule has 1 heterocycles. The molecule has 3 rings (SSSR count). The van der Waals surface area contributed by atoms with Crippen molar-refractivity contribution >= 4 is 12.1 Å². The molecule has 1 aromatic carbocycles. The molecule has 0 saturated carbocycles. The molecule has 0 atom stereocenters. The fourth-order valence-electron chi connectivity index (χ4n) is 2.97. The van der Waals surface area contributed by atoms with E-state index >= 15 is 0 Å². The Kier molecular flexibility index (Phi) is 4.99. The lowest BCUT2D eigenvalue weighted by atomic mass is 9.97. The van der Waals surface area contributed by atoms with Gasteiger partial charge < -0.3 is 14.4 Å². The number of allylic oxidation sites excluding steroid dienone is 2. The van der Waals surface area contributed by atoms with Crippen LogP contribution in [0.4, 0.5) is 4.79 Å². The van der Waals surface area contributed by atoms with Crippen LogP contribution in [-0.2, 0) is 22.4 Å². The van der Waals surface area contributed by atoms with Gasteiger partial charge in [0.15, 0.2) is 0 Å². The molecular formula is C19H21NO4. The molecule has 126 valence electrons. The normalized spacial score (nSPS) is 16.2. The van der Waals surface area contributed by atoms with E-state index in [2.05, 4.69) is 12.2 Å². The summed E-state index contributed by atoms with van der Waals surface area (Å²) in [4.78, 5) is 25.6. The molecule has 0 saturated heterocycles. The number of carbonyl (C=O) groups excluding carboxylic acids is 2. The Bertz CT molecular complexity index is 705. The molecule has 1 amide bonds. The van der Waals surface area contributed by atoms with Crippen LogP contribution in [0.25, 0.3) is 0 Å². The molecule has 1 aliphatic carbocycles. The summed E-state index contributed by atoms with van der Waals surface area (Å²) in [7, 11) is 1.36. The molecule has 0 aromatic heterocycles. The van der Waals surface area contributed by atoms with Crippen molar-refractivity contribution in [2.45, 2.75) is 25.8 Å². The van der Waals surface area contributed by atoms with Crippen molar-refractivity contribution in [1.82, 2.24) is 4.90 Å². The van der Waals surface area contributed by atoms with Crippen LogP contribution < -0.4 is 0 Å².